The van der Waals surface area contributed by atoms with Gasteiger partial charge in [-0.15, -0.1) is 0 Å². The van der Waals surface area contributed by atoms with Crippen LogP contribution in [0.25, 0.3) is 0 Å². The summed E-state index contributed by atoms with van der Waals surface area (Å²) >= 11 is 0. The molecular formula is C26H28O4. The lowest BCUT2D eigenvalue weighted by molar-refractivity contribution is 0.0697. The van der Waals surface area contributed by atoms with Crippen LogP contribution in [0.5, 0.6) is 11.5 Å². The number of benzene rings is 3. The summed E-state index contributed by atoms with van der Waals surface area (Å²) in [5.41, 5.74) is 2.99. The predicted octanol–water partition coefficient (Wildman–Crippen LogP) is 6.08. The molecule has 4 nitrogen and oxygen atoms in total. The SMILES string of the molecule is CCCCC(c1ccc(C(=O)O)cc1)C(C)(c1ccc(O)cc1)c1ccc(O)cc1. The Bertz CT molecular complexity index is 928. The number of aromatic hydroxyl groups is 2. The van der Waals surface area contributed by atoms with Gasteiger partial charge in [0.15, 0.2) is 0 Å². The Kier molecular flexibility index (Phi) is 6.46. The summed E-state index contributed by atoms with van der Waals surface area (Å²) in [6, 6.07) is 21.6. The van der Waals surface area contributed by atoms with Crippen LogP contribution in [0.3, 0.4) is 0 Å². The van der Waals surface area contributed by atoms with Gasteiger partial charge in [-0.1, -0.05) is 63.1 Å². The van der Waals surface area contributed by atoms with Crippen molar-refractivity contribution >= 4 is 5.97 Å². The first kappa shape index (κ1) is 21.4. The number of phenolic OH excluding ortho intramolecular Hbond substituents is 2. The monoisotopic (exact) mass is 404 g/mol. The minimum atomic E-state index is -0.938. The van der Waals surface area contributed by atoms with Crippen LogP contribution in [-0.2, 0) is 5.41 Å². The second-order valence-corrected chi connectivity index (χ2v) is 7.92. The van der Waals surface area contributed by atoms with E-state index in [0.717, 1.165) is 36.0 Å². The number of hydrogen-bond acceptors (Lipinski definition) is 3. The van der Waals surface area contributed by atoms with E-state index in [4.69, 9.17) is 0 Å². The van der Waals surface area contributed by atoms with Crippen molar-refractivity contribution in [2.75, 3.05) is 0 Å². The van der Waals surface area contributed by atoms with Gasteiger partial charge in [0.2, 0.25) is 0 Å². The van der Waals surface area contributed by atoms with Crippen molar-refractivity contribution in [3.8, 4) is 11.5 Å². The third kappa shape index (κ3) is 4.33. The smallest absolute Gasteiger partial charge is 0.335 e. The molecule has 3 aromatic rings. The maximum absolute atomic E-state index is 11.3. The van der Waals surface area contributed by atoms with E-state index in [2.05, 4.69) is 13.8 Å². The van der Waals surface area contributed by atoms with E-state index in [-0.39, 0.29) is 23.0 Å². The fourth-order valence-corrected chi connectivity index (χ4v) is 4.24. The van der Waals surface area contributed by atoms with Gasteiger partial charge in [-0.2, -0.15) is 0 Å². The molecule has 3 N–H and O–H groups in total. The summed E-state index contributed by atoms with van der Waals surface area (Å²) in [6.07, 6.45) is 2.99. The van der Waals surface area contributed by atoms with E-state index in [1.165, 1.54) is 0 Å². The van der Waals surface area contributed by atoms with Crippen molar-refractivity contribution in [3.05, 3.63) is 95.1 Å². The fourth-order valence-electron chi connectivity index (χ4n) is 4.24. The van der Waals surface area contributed by atoms with Gasteiger partial charge in [0.05, 0.1) is 5.56 Å². The van der Waals surface area contributed by atoms with Gasteiger partial charge >= 0.3 is 5.97 Å². The topological polar surface area (TPSA) is 77.8 Å². The molecule has 30 heavy (non-hydrogen) atoms. The number of phenols is 2. The van der Waals surface area contributed by atoms with Crippen LogP contribution in [0.1, 0.15) is 66.1 Å². The molecule has 0 bridgehead atoms. The lowest BCUT2D eigenvalue weighted by atomic mass is 9.63. The van der Waals surface area contributed by atoms with E-state index in [9.17, 15) is 20.1 Å². The van der Waals surface area contributed by atoms with Crippen molar-refractivity contribution in [1.29, 1.82) is 0 Å². The van der Waals surface area contributed by atoms with E-state index in [0.29, 0.717) is 0 Å². The van der Waals surface area contributed by atoms with E-state index < -0.39 is 11.4 Å². The van der Waals surface area contributed by atoms with Gasteiger partial charge in [0.1, 0.15) is 11.5 Å². The molecule has 0 amide bonds. The van der Waals surface area contributed by atoms with Crippen molar-refractivity contribution < 1.29 is 20.1 Å². The van der Waals surface area contributed by atoms with Crippen molar-refractivity contribution in [2.24, 2.45) is 0 Å². The molecule has 0 spiro atoms. The van der Waals surface area contributed by atoms with E-state index in [1.54, 1.807) is 36.4 Å². The molecule has 156 valence electrons. The first-order chi connectivity index (χ1) is 14.4. The summed E-state index contributed by atoms with van der Waals surface area (Å²) in [6.45, 7) is 4.33. The number of carboxylic acid groups (broad SMARTS) is 1. The highest BCUT2D eigenvalue weighted by Gasteiger charge is 2.38. The third-order valence-corrected chi connectivity index (χ3v) is 6.04. The Hall–Kier alpha value is -3.27. The Balaban J connectivity index is 2.18. The zero-order valence-electron chi connectivity index (χ0n) is 17.4. The van der Waals surface area contributed by atoms with E-state index in [1.807, 2.05) is 36.4 Å². The third-order valence-electron chi connectivity index (χ3n) is 6.04. The maximum atomic E-state index is 11.3. The van der Waals surface area contributed by atoms with Crippen LogP contribution >= 0.6 is 0 Å². The molecule has 0 aromatic heterocycles. The molecule has 0 aliphatic heterocycles. The molecule has 0 fully saturated rings. The fraction of sp³-hybridized carbons (Fsp3) is 0.269. The molecule has 0 saturated heterocycles. The molecule has 0 heterocycles. The van der Waals surface area contributed by atoms with Crippen molar-refractivity contribution in [2.45, 2.75) is 44.4 Å². The number of carbonyl (C=O) groups is 1. The highest BCUT2D eigenvalue weighted by atomic mass is 16.4. The molecule has 0 saturated carbocycles. The molecule has 0 aliphatic rings. The summed E-state index contributed by atoms with van der Waals surface area (Å²) < 4.78 is 0. The van der Waals surface area contributed by atoms with Crippen LogP contribution in [0.4, 0.5) is 0 Å². The number of carboxylic acids is 1. The second kappa shape index (κ2) is 9.04. The Labute approximate surface area is 177 Å². The molecule has 1 unspecified atom stereocenters. The number of rotatable bonds is 8. The number of aromatic carboxylic acids is 1. The zero-order chi connectivity index (χ0) is 21.7. The first-order valence-electron chi connectivity index (χ1n) is 10.3. The van der Waals surface area contributed by atoms with Gasteiger partial charge in [0.25, 0.3) is 0 Å². The van der Waals surface area contributed by atoms with E-state index >= 15 is 0 Å². The van der Waals surface area contributed by atoms with Crippen molar-refractivity contribution in [1.82, 2.24) is 0 Å². The van der Waals surface area contributed by atoms with Gasteiger partial charge in [0, 0.05) is 5.41 Å². The summed E-state index contributed by atoms with van der Waals surface area (Å²) in [5.74, 6) is -0.439. The van der Waals surface area contributed by atoms with Gasteiger partial charge in [-0.05, 0) is 65.4 Å². The van der Waals surface area contributed by atoms with Gasteiger partial charge < -0.3 is 15.3 Å². The highest BCUT2D eigenvalue weighted by Crippen LogP contribution is 2.47. The summed E-state index contributed by atoms with van der Waals surface area (Å²) in [7, 11) is 0. The second-order valence-electron chi connectivity index (χ2n) is 7.92. The molecule has 3 aromatic carbocycles. The largest absolute Gasteiger partial charge is 0.508 e. The number of unbranched alkanes of at least 4 members (excludes halogenated alkanes) is 1. The van der Waals surface area contributed by atoms with Gasteiger partial charge in [-0.3, -0.25) is 0 Å². The molecular weight excluding hydrogens is 376 g/mol. The quantitative estimate of drug-likeness (QED) is 0.425. The van der Waals surface area contributed by atoms with Crippen LogP contribution in [0.2, 0.25) is 0 Å². The minimum absolute atomic E-state index is 0.0781. The lowest BCUT2D eigenvalue weighted by Crippen LogP contribution is -2.32. The predicted molar refractivity (Wildman–Crippen MR) is 118 cm³/mol. The molecule has 1 atom stereocenters. The average Bonchev–Trinajstić information content (AvgIpc) is 2.75. The van der Waals surface area contributed by atoms with Crippen molar-refractivity contribution in [3.63, 3.8) is 0 Å². The number of hydrogen-bond donors (Lipinski definition) is 3. The average molecular weight is 405 g/mol. The summed E-state index contributed by atoms with van der Waals surface area (Å²) in [5, 5.41) is 28.9. The van der Waals surface area contributed by atoms with Gasteiger partial charge in [-0.25, -0.2) is 4.79 Å². The maximum Gasteiger partial charge on any atom is 0.335 e. The molecule has 0 aliphatic carbocycles. The Morgan fingerprint density at radius 3 is 1.70 bits per heavy atom. The Morgan fingerprint density at radius 1 is 0.833 bits per heavy atom. The summed E-state index contributed by atoms with van der Waals surface area (Å²) in [4.78, 5) is 11.3. The Morgan fingerprint density at radius 2 is 1.30 bits per heavy atom. The minimum Gasteiger partial charge on any atom is -0.508 e. The molecule has 4 heteroatoms. The first-order valence-corrected chi connectivity index (χ1v) is 10.3. The molecule has 3 rings (SSSR count). The normalized spacial score (nSPS) is 12.5. The van der Waals surface area contributed by atoms with Crippen LogP contribution < -0.4 is 0 Å². The van der Waals surface area contributed by atoms with Crippen LogP contribution in [0.15, 0.2) is 72.8 Å². The van der Waals surface area contributed by atoms with Crippen LogP contribution in [-0.4, -0.2) is 21.3 Å². The standard InChI is InChI=1S/C26H28O4/c1-3-4-5-24(18-6-8-19(9-7-18)25(29)30)26(2,20-10-14-22(27)15-11-20)21-12-16-23(28)17-13-21/h6-17,24,27-28H,3-5H2,1-2H3,(H,29,30). The van der Waals surface area contributed by atoms with Crippen LogP contribution in [0, 0.1) is 0 Å². The highest BCUT2D eigenvalue weighted by molar-refractivity contribution is 5.87. The zero-order valence-corrected chi connectivity index (χ0v) is 17.4. The molecule has 0 radical (unpaired) electrons. The lowest BCUT2D eigenvalue weighted by Gasteiger charge is -2.40.